The van der Waals surface area contributed by atoms with E-state index in [0.717, 1.165) is 30.4 Å². The van der Waals surface area contributed by atoms with Crippen LogP contribution in [0.2, 0.25) is 0 Å². The number of hydrogen-bond donors (Lipinski definition) is 3. The predicted octanol–water partition coefficient (Wildman–Crippen LogP) is 2.61. The third-order valence-corrected chi connectivity index (χ3v) is 7.52. The summed E-state index contributed by atoms with van der Waals surface area (Å²) >= 11 is 0. The van der Waals surface area contributed by atoms with Crippen LogP contribution in [0.3, 0.4) is 0 Å². The van der Waals surface area contributed by atoms with Crippen LogP contribution in [0.1, 0.15) is 45.4 Å². The van der Waals surface area contributed by atoms with Gasteiger partial charge in [-0.05, 0) is 51.4 Å². The Hall–Kier alpha value is -1.62. The van der Waals surface area contributed by atoms with Gasteiger partial charge in [0.2, 0.25) is 0 Å². The summed E-state index contributed by atoms with van der Waals surface area (Å²) in [5, 5.41) is 30.4. The van der Waals surface area contributed by atoms with E-state index in [1.807, 2.05) is 0 Å². The summed E-state index contributed by atoms with van der Waals surface area (Å²) in [5.41, 5.74) is 1.43. The molecule has 0 saturated heterocycles. The minimum absolute atomic E-state index is 0.359. The van der Waals surface area contributed by atoms with Crippen molar-refractivity contribution in [3.63, 3.8) is 0 Å². The molecule has 6 atom stereocenters. The number of carbonyl (C=O) groups is 2. The topological polar surface area (TPSA) is 94.8 Å². The van der Waals surface area contributed by atoms with E-state index in [2.05, 4.69) is 6.58 Å². The lowest BCUT2D eigenvalue weighted by molar-refractivity contribution is -0.169. The second kappa shape index (κ2) is 4.72. The van der Waals surface area contributed by atoms with Gasteiger partial charge in [-0.25, -0.2) is 0 Å². The Kier molecular flexibility index (Phi) is 3.12. The molecule has 130 valence electrons. The third-order valence-electron chi connectivity index (χ3n) is 7.52. The van der Waals surface area contributed by atoms with Crippen LogP contribution in [-0.4, -0.2) is 33.4 Å². The standard InChI is InChI=1S/C19H24O5/c1-9-7-19-8-10(9)3-5-12(19)11-4-6-13(20)18(2,17(23)24)14(11)15(19)16(21)22/h10,13-15,20H,1,3-8H2,2H3,(H,21,22)(H,23,24)/t10-,13+,14-,15-,18-,19+/m1/s1. The minimum atomic E-state index is -1.44. The van der Waals surface area contributed by atoms with Gasteiger partial charge in [0.1, 0.15) is 0 Å². The van der Waals surface area contributed by atoms with Gasteiger partial charge in [-0.3, -0.25) is 9.59 Å². The summed E-state index contributed by atoms with van der Waals surface area (Å²) in [6, 6.07) is 0. The molecule has 3 N–H and O–H groups in total. The minimum Gasteiger partial charge on any atom is -0.481 e. The number of hydrogen-bond acceptors (Lipinski definition) is 3. The van der Waals surface area contributed by atoms with Gasteiger partial charge in [-0.15, -0.1) is 0 Å². The lowest BCUT2D eigenvalue weighted by Crippen LogP contribution is -2.53. The molecule has 2 bridgehead atoms. The number of aliphatic hydroxyl groups is 1. The Morgan fingerprint density at radius 2 is 1.92 bits per heavy atom. The molecule has 0 radical (unpaired) electrons. The van der Waals surface area contributed by atoms with Crippen LogP contribution < -0.4 is 0 Å². The average Bonchev–Trinajstić information content (AvgIpc) is 2.94. The average molecular weight is 332 g/mol. The summed E-state index contributed by atoms with van der Waals surface area (Å²) in [7, 11) is 0. The van der Waals surface area contributed by atoms with Gasteiger partial charge in [0.25, 0.3) is 0 Å². The van der Waals surface area contributed by atoms with Crippen LogP contribution in [0, 0.1) is 28.6 Å². The van der Waals surface area contributed by atoms with E-state index in [4.69, 9.17) is 0 Å². The highest BCUT2D eigenvalue weighted by molar-refractivity contribution is 5.82. The molecule has 5 nitrogen and oxygen atoms in total. The summed E-state index contributed by atoms with van der Waals surface area (Å²) in [4.78, 5) is 24.4. The van der Waals surface area contributed by atoms with Crippen LogP contribution >= 0.6 is 0 Å². The van der Waals surface area contributed by atoms with Crippen molar-refractivity contribution in [2.45, 2.75) is 51.6 Å². The number of fused-ring (bicyclic) bond motifs is 2. The van der Waals surface area contributed by atoms with Crippen LogP contribution in [0.5, 0.6) is 0 Å². The summed E-state index contributed by atoms with van der Waals surface area (Å²) in [5.74, 6) is -3.04. The van der Waals surface area contributed by atoms with Gasteiger partial charge in [-0.1, -0.05) is 23.3 Å². The van der Waals surface area contributed by atoms with Crippen molar-refractivity contribution >= 4 is 11.9 Å². The van der Waals surface area contributed by atoms with Gasteiger partial charge >= 0.3 is 11.9 Å². The SMILES string of the molecule is C=C1C[C@]23C[C@H]1CCC2=C1CC[C@H](O)[C@@](C)(C(=O)O)[C@H]1[C@@H]3C(=O)O. The van der Waals surface area contributed by atoms with E-state index >= 15 is 0 Å². The fraction of sp³-hybridized carbons (Fsp3) is 0.684. The number of allylic oxidation sites excluding steroid dienone is 3. The first kappa shape index (κ1) is 15.9. The maximum absolute atomic E-state index is 12.3. The van der Waals surface area contributed by atoms with Gasteiger partial charge in [0.15, 0.2) is 0 Å². The second-order valence-corrected chi connectivity index (χ2v) is 8.37. The van der Waals surface area contributed by atoms with E-state index in [-0.39, 0.29) is 0 Å². The fourth-order valence-corrected chi connectivity index (χ4v) is 6.39. The molecule has 0 heterocycles. The maximum Gasteiger partial charge on any atom is 0.312 e. The Bertz CT molecular complexity index is 692. The van der Waals surface area contributed by atoms with Gasteiger partial charge in [-0.2, -0.15) is 0 Å². The quantitative estimate of drug-likeness (QED) is 0.676. The van der Waals surface area contributed by atoms with E-state index in [0.29, 0.717) is 25.2 Å². The smallest absolute Gasteiger partial charge is 0.312 e. The summed E-state index contributed by atoms with van der Waals surface area (Å²) in [6.07, 6.45) is 3.29. The number of rotatable bonds is 2. The molecule has 3 saturated carbocycles. The molecule has 24 heavy (non-hydrogen) atoms. The second-order valence-electron chi connectivity index (χ2n) is 8.37. The highest BCUT2D eigenvalue weighted by Gasteiger charge is 2.68. The van der Waals surface area contributed by atoms with Crippen molar-refractivity contribution in [2.24, 2.45) is 28.6 Å². The Labute approximate surface area is 141 Å². The Balaban J connectivity index is 1.94. The van der Waals surface area contributed by atoms with Crippen LogP contribution in [-0.2, 0) is 9.59 Å². The Morgan fingerprint density at radius 3 is 2.54 bits per heavy atom. The lowest BCUT2D eigenvalue weighted by atomic mass is 9.58. The number of aliphatic carboxylic acids is 2. The van der Waals surface area contributed by atoms with E-state index in [9.17, 15) is 24.9 Å². The van der Waals surface area contributed by atoms with Crippen molar-refractivity contribution in [2.75, 3.05) is 0 Å². The number of carboxylic acids is 2. The molecule has 4 aliphatic rings. The largest absolute Gasteiger partial charge is 0.481 e. The van der Waals surface area contributed by atoms with Crippen molar-refractivity contribution in [3.8, 4) is 0 Å². The summed E-state index contributed by atoms with van der Waals surface area (Å²) < 4.78 is 0. The van der Waals surface area contributed by atoms with Crippen LogP contribution in [0.4, 0.5) is 0 Å². The molecule has 1 spiro atoms. The zero-order chi connectivity index (χ0) is 17.4. The zero-order valence-electron chi connectivity index (χ0n) is 13.9. The fourth-order valence-electron chi connectivity index (χ4n) is 6.39. The molecule has 0 aliphatic heterocycles. The monoisotopic (exact) mass is 332 g/mol. The molecule has 0 aromatic carbocycles. The lowest BCUT2D eigenvalue weighted by Gasteiger charge is -2.45. The first-order chi connectivity index (χ1) is 11.2. The maximum atomic E-state index is 12.3. The van der Waals surface area contributed by atoms with Gasteiger partial charge < -0.3 is 15.3 Å². The van der Waals surface area contributed by atoms with Crippen LogP contribution in [0.25, 0.3) is 0 Å². The number of aliphatic hydroxyl groups excluding tert-OH is 1. The van der Waals surface area contributed by atoms with Gasteiger partial charge in [0, 0.05) is 11.3 Å². The molecule has 5 heteroatoms. The van der Waals surface area contributed by atoms with Crippen molar-refractivity contribution < 1.29 is 24.9 Å². The molecule has 0 unspecified atom stereocenters. The normalized spacial score (nSPS) is 46.7. The third kappa shape index (κ3) is 1.64. The zero-order valence-corrected chi connectivity index (χ0v) is 13.9. The highest BCUT2D eigenvalue weighted by Crippen LogP contribution is 2.70. The molecule has 0 aromatic heterocycles. The van der Waals surface area contributed by atoms with E-state index < -0.39 is 40.7 Å². The number of carboxylic acid groups (broad SMARTS) is 2. The molecule has 4 rings (SSSR count). The summed E-state index contributed by atoms with van der Waals surface area (Å²) in [6.45, 7) is 5.71. The van der Waals surface area contributed by atoms with Crippen molar-refractivity contribution in [1.82, 2.24) is 0 Å². The first-order valence-corrected chi connectivity index (χ1v) is 8.78. The molecule has 4 aliphatic carbocycles. The van der Waals surface area contributed by atoms with Gasteiger partial charge in [0.05, 0.1) is 17.4 Å². The molecular weight excluding hydrogens is 308 g/mol. The molecule has 0 amide bonds. The predicted molar refractivity (Wildman–Crippen MR) is 86.2 cm³/mol. The van der Waals surface area contributed by atoms with E-state index in [1.54, 1.807) is 0 Å². The van der Waals surface area contributed by atoms with E-state index in [1.165, 1.54) is 12.5 Å². The molecule has 0 aromatic rings. The van der Waals surface area contributed by atoms with Crippen LogP contribution in [0.15, 0.2) is 23.3 Å². The van der Waals surface area contributed by atoms with Crippen molar-refractivity contribution in [3.05, 3.63) is 23.3 Å². The molecular formula is C19H24O5. The Morgan fingerprint density at radius 1 is 1.21 bits per heavy atom. The molecule has 3 fully saturated rings. The van der Waals surface area contributed by atoms with Crippen molar-refractivity contribution in [1.29, 1.82) is 0 Å². The first-order valence-electron chi connectivity index (χ1n) is 8.78. The highest BCUT2D eigenvalue weighted by atomic mass is 16.4.